The molecule has 6 heteroatoms. The van der Waals surface area contributed by atoms with Crippen LogP contribution in [0.1, 0.15) is 21.4 Å². The lowest BCUT2D eigenvalue weighted by Gasteiger charge is -2.34. The highest BCUT2D eigenvalue weighted by Crippen LogP contribution is 2.38. The van der Waals surface area contributed by atoms with Crippen LogP contribution in [0.2, 0.25) is 0 Å². The van der Waals surface area contributed by atoms with E-state index >= 15 is 0 Å². The molecule has 0 saturated carbocycles. The first-order valence-electron chi connectivity index (χ1n) is 10.5. The highest BCUT2D eigenvalue weighted by atomic mass is 32.1. The van der Waals surface area contributed by atoms with Crippen molar-refractivity contribution >= 4 is 23.2 Å². The summed E-state index contributed by atoms with van der Waals surface area (Å²) in [6, 6.07) is 28.6. The lowest BCUT2D eigenvalue weighted by atomic mass is 10.0. The Kier molecular flexibility index (Phi) is 5.52. The molecule has 2 amide bonds. The van der Waals surface area contributed by atoms with Crippen molar-refractivity contribution in [1.29, 1.82) is 0 Å². The van der Waals surface area contributed by atoms with Gasteiger partial charge in [-0.3, -0.25) is 9.59 Å². The number of nitrogens with zero attached hydrogens (tertiary/aromatic N) is 2. The second-order valence-electron chi connectivity index (χ2n) is 7.53. The van der Waals surface area contributed by atoms with Crippen molar-refractivity contribution in [1.82, 2.24) is 15.2 Å². The Bertz CT molecular complexity index is 1180. The van der Waals surface area contributed by atoms with Crippen molar-refractivity contribution in [3.05, 3.63) is 102 Å². The van der Waals surface area contributed by atoms with Gasteiger partial charge in [0.15, 0.2) is 5.01 Å². The number of nitrogens with one attached hydrogen (secondary N) is 1. The summed E-state index contributed by atoms with van der Waals surface area (Å²) in [4.78, 5) is 33.7. The maximum absolute atomic E-state index is 13.7. The minimum atomic E-state index is -0.665. The monoisotopic (exact) mass is 439 g/mol. The summed E-state index contributed by atoms with van der Waals surface area (Å²) in [7, 11) is 0. The van der Waals surface area contributed by atoms with E-state index in [0.717, 1.165) is 27.3 Å². The third-order valence-electron chi connectivity index (χ3n) is 5.48. The Balaban J connectivity index is 1.58. The molecule has 5 rings (SSSR count). The zero-order valence-electron chi connectivity index (χ0n) is 17.3. The molecule has 1 N–H and O–H groups in total. The van der Waals surface area contributed by atoms with Crippen LogP contribution >= 0.6 is 11.3 Å². The van der Waals surface area contributed by atoms with Crippen LogP contribution in [0.5, 0.6) is 0 Å². The van der Waals surface area contributed by atoms with E-state index < -0.39 is 6.04 Å². The van der Waals surface area contributed by atoms with Crippen LogP contribution in [0.4, 0.5) is 0 Å². The average Bonchev–Trinajstić information content (AvgIpc) is 3.31. The van der Waals surface area contributed by atoms with E-state index in [4.69, 9.17) is 4.98 Å². The standard InChI is InChI=1S/C26H21N3O2S/c30-24-22(19-12-6-2-7-13-19)29(17-16-27-24)26(31)25-28-21(18-10-4-1-5-11-18)23(32-25)20-14-8-3-9-15-20/h1-15,22H,16-17H2,(H,27,30). The van der Waals surface area contributed by atoms with E-state index in [1.807, 2.05) is 91.0 Å². The largest absolute Gasteiger partial charge is 0.352 e. The average molecular weight is 440 g/mol. The molecule has 1 atom stereocenters. The molecule has 32 heavy (non-hydrogen) atoms. The van der Waals surface area contributed by atoms with Gasteiger partial charge in [0.2, 0.25) is 5.91 Å². The molecule has 0 aliphatic carbocycles. The quantitative estimate of drug-likeness (QED) is 0.497. The Morgan fingerprint density at radius 3 is 2.12 bits per heavy atom. The third-order valence-corrected chi connectivity index (χ3v) is 6.57. The van der Waals surface area contributed by atoms with Gasteiger partial charge in [-0.1, -0.05) is 91.0 Å². The van der Waals surface area contributed by atoms with E-state index in [1.54, 1.807) is 4.90 Å². The number of rotatable bonds is 4. The summed E-state index contributed by atoms with van der Waals surface area (Å²) in [5, 5.41) is 3.27. The van der Waals surface area contributed by atoms with Crippen LogP contribution in [0.25, 0.3) is 21.7 Å². The fourth-order valence-electron chi connectivity index (χ4n) is 3.96. The second-order valence-corrected chi connectivity index (χ2v) is 8.53. The van der Waals surface area contributed by atoms with Gasteiger partial charge < -0.3 is 10.2 Å². The minimum Gasteiger partial charge on any atom is -0.352 e. The van der Waals surface area contributed by atoms with Crippen molar-refractivity contribution in [2.24, 2.45) is 0 Å². The summed E-state index contributed by atoms with van der Waals surface area (Å²) < 4.78 is 0. The summed E-state index contributed by atoms with van der Waals surface area (Å²) >= 11 is 1.37. The number of piperazine rings is 1. The van der Waals surface area contributed by atoms with E-state index in [9.17, 15) is 9.59 Å². The first-order valence-corrected chi connectivity index (χ1v) is 11.3. The normalized spacial score (nSPS) is 15.9. The van der Waals surface area contributed by atoms with Crippen molar-refractivity contribution < 1.29 is 9.59 Å². The molecular formula is C26H21N3O2S. The Morgan fingerprint density at radius 2 is 1.47 bits per heavy atom. The molecular weight excluding hydrogens is 418 g/mol. The first kappa shape index (κ1) is 20.2. The first-order chi connectivity index (χ1) is 15.7. The molecule has 1 aromatic heterocycles. The number of carbonyl (C=O) groups excluding carboxylic acids is 2. The number of hydrogen-bond donors (Lipinski definition) is 1. The van der Waals surface area contributed by atoms with Crippen LogP contribution in [-0.2, 0) is 4.79 Å². The van der Waals surface area contributed by atoms with Gasteiger partial charge in [0, 0.05) is 18.7 Å². The molecule has 1 unspecified atom stereocenters. The molecule has 1 aliphatic heterocycles. The summed E-state index contributed by atoms with van der Waals surface area (Å²) in [6.07, 6.45) is 0. The van der Waals surface area contributed by atoms with Gasteiger partial charge >= 0.3 is 0 Å². The summed E-state index contributed by atoms with van der Waals surface area (Å²) in [5.41, 5.74) is 3.54. The predicted octanol–water partition coefficient (Wildman–Crippen LogP) is 4.79. The fraction of sp³-hybridized carbons (Fsp3) is 0.115. The molecule has 4 aromatic rings. The lowest BCUT2D eigenvalue weighted by Crippen LogP contribution is -2.52. The smallest absolute Gasteiger partial charge is 0.283 e. The van der Waals surface area contributed by atoms with Gasteiger partial charge in [-0.05, 0) is 11.1 Å². The SMILES string of the molecule is O=C1NCCN(C(=O)c2nc(-c3ccccc3)c(-c3ccccc3)s2)C1c1ccccc1. The summed E-state index contributed by atoms with van der Waals surface area (Å²) in [5.74, 6) is -0.392. The maximum Gasteiger partial charge on any atom is 0.283 e. The van der Waals surface area contributed by atoms with Crippen molar-refractivity contribution in [3.8, 4) is 21.7 Å². The molecule has 5 nitrogen and oxygen atoms in total. The third kappa shape index (κ3) is 3.81. The predicted molar refractivity (Wildman–Crippen MR) is 126 cm³/mol. The number of amides is 2. The van der Waals surface area contributed by atoms with Crippen LogP contribution in [-0.4, -0.2) is 34.8 Å². The molecule has 1 saturated heterocycles. The second kappa shape index (κ2) is 8.77. The number of aromatic nitrogens is 1. The van der Waals surface area contributed by atoms with Crippen molar-refractivity contribution in [2.75, 3.05) is 13.1 Å². The van der Waals surface area contributed by atoms with E-state index in [-0.39, 0.29) is 11.8 Å². The highest BCUT2D eigenvalue weighted by molar-refractivity contribution is 7.17. The number of thiazole rings is 1. The van der Waals surface area contributed by atoms with Gasteiger partial charge in [0.05, 0.1) is 10.6 Å². The molecule has 1 fully saturated rings. The maximum atomic E-state index is 13.7. The highest BCUT2D eigenvalue weighted by Gasteiger charge is 2.36. The number of carbonyl (C=O) groups is 2. The molecule has 0 bridgehead atoms. The van der Waals surface area contributed by atoms with Crippen LogP contribution in [0.15, 0.2) is 91.0 Å². The van der Waals surface area contributed by atoms with Gasteiger partial charge in [-0.2, -0.15) is 0 Å². The number of benzene rings is 3. The Hall–Kier alpha value is -3.77. The van der Waals surface area contributed by atoms with Gasteiger partial charge in [-0.25, -0.2) is 4.98 Å². The van der Waals surface area contributed by atoms with E-state index in [1.165, 1.54) is 11.3 Å². The number of hydrogen-bond acceptors (Lipinski definition) is 4. The van der Waals surface area contributed by atoms with Crippen molar-refractivity contribution in [3.63, 3.8) is 0 Å². The molecule has 158 valence electrons. The van der Waals surface area contributed by atoms with Gasteiger partial charge in [-0.15, -0.1) is 11.3 Å². The van der Waals surface area contributed by atoms with E-state index in [2.05, 4.69) is 5.32 Å². The lowest BCUT2D eigenvalue weighted by molar-refractivity contribution is -0.128. The van der Waals surface area contributed by atoms with Gasteiger partial charge in [0.1, 0.15) is 6.04 Å². The zero-order chi connectivity index (χ0) is 21.9. The van der Waals surface area contributed by atoms with Crippen molar-refractivity contribution in [2.45, 2.75) is 6.04 Å². The Morgan fingerprint density at radius 1 is 0.875 bits per heavy atom. The summed E-state index contributed by atoms with van der Waals surface area (Å²) in [6.45, 7) is 0.863. The molecule has 2 heterocycles. The van der Waals surface area contributed by atoms with Crippen LogP contribution in [0, 0.1) is 0 Å². The van der Waals surface area contributed by atoms with E-state index in [0.29, 0.717) is 18.1 Å². The Labute approximate surface area is 190 Å². The molecule has 0 spiro atoms. The van der Waals surface area contributed by atoms with Gasteiger partial charge in [0.25, 0.3) is 5.91 Å². The minimum absolute atomic E-state index is 0.168. The topological polar surface area (TPSA) is 62.3 Å². The van der Waals surface area contributed by atoms with Crippen LogP contribution in [0.3, 0.4) is 0 Å². The molecule has 3 aromatic carbocycles. The fourth-order valence-corrected chi connectivity index (χ4v) is 5.01. The molecule has 0 radical (unpaired) electrons. The zero-order valence-corrected chi connectivity index (χ0v) is 18.1. The van der Waals surface area contributed by atoms with Crippen LogP contribution < -0.4 is 5.32 Å². The molecule has 1 aliphatic rings.